The van der Waals surface area contributed by atoms with E-state index in [4.69, 9.17) is 4.74 Å². The van der Waals surface area contributed by atoms with Gasteiger partial charge in [0.2, 0.25) is 0 Å². The van der Waals surface area contributed by atoms with Crippen molar-refractivity contribution in [1.82, 2.24) is 16.0 Å². The second-order valence-electron chi connectivity index (χ2n) is 6.01. The molecule has 0 bridgehead atoms. The number of alkyl carbamates (subject to hydrolysis) is 1. The van der Waals surface area contributed by atoms with Gasteiger partial charge in [0.1, 0.15) is 5.82 Å². The molecule has 6 nitrogen and oxygen atoms in total. The number of guanidine groups is 1. The van der Waals surface area contributed by atoms with Gasteiger partial charge in [0.15, 0.2) is 5.96 Å². The lowest BCUT2D eigenvalue weighted by Gasteiger charge is -2.20. The van der Waals surface area contributed by atoms with E-state index in [1.165, 1.54) is 12.1 Å². The molecule has 0 spiro atoms. The minimum atomic E-state index is -0.386. The fourth-order valence-electron chi connectivity index (χ4n) is 2.51. The van der Waals surface area contributed by atoms with E-state index in [1.54, 1.807) is 13.0 Å². The topological polar surface area (TPSA) is 74.8 Å². The summed E-state index contributed by atoms with van der Waals surface area (Å²) in [6.07, 6.45) is 1.83. The van der Waals surface area contributed by atoms with Gasteiger partial charge in [0, 0.05) is 13.1 Å². The van der Waals surface area contributed by atoms with Crippen molar-refractivity contribution in [2.45, 2.75) is 39.3 Å². The Labute approximate surface area is 148 Å². The van der Waals surface area contributed by atoms with Gasteiger partial charge < -0.3 is 20.7 Å². The number of hydrogen-bond donors (Lipinski definition) is 3. The molecule has 1 unspecified atom stereocenters. The number of carbonyl (C=O) groups is 1. The number of benzene rings is 1. The van der Waals surface area contributed by atoms with Gasteiger partial charge in [-0.1, -0.05) is 12.1 Å². The number of hydrogen-bond acceptors (Lipinski definition) is 3. The number of aliphatic imine (C=N–C) groups is 1. The Morgan fingerprint density at radius 1 is 1.36 bits per heavy atom. The Morgan fingerprint density at radius 3 is 2.80 bits per heavy atom. The SMILES string of the molecule is CCNC(=NCc1cccc(F)c1)NCC(NC(=O)OCC)C1CC1. The highest BCUT2D eigenvalue weighted by Gasteiger charge is 2.32. The maximum Gasteiger partial charge on any atom is 0.407 e. The summed E-state index contributed by atoms with van der Waals surface area (Å²) in [6.45, 7) is 5.79. The maximum absolute atomic E-state index is 13.2. The monoisotopic (exact) mass is 350 g/mol. The average Bonchev–Trinajstić information content (AvgIpc) is 3.41. The minimum Gasteiger partial charge on any atom is -0.450 e. The second-order valence-corrected chi connectivity index (χ2v) is 6.01. The van der Waals surface area contributed by atoms with Crippen molar-refractivity contribution >= 4 is 12.1 Å². The van der Waals surface area contributed by atoms with E-state index < -0.39 is 0 Å². The molecule has 1 atom stereocenters. The molecular weight excluding hydrogens is 323 g/mol. The van der Waals surface area contributed by atoms with Crippen LogP contribution in [0.3, 0.4) is 0 Å². The molecule has 1 aliphatic rings. The summed E-state index contributed by atoms with van der Waals surface area (Å²) in [4.78, 5) is 16.1. The smallest absolute Gasteiger partial charge is 0.407 e. The molecule has 2 rings (SSSR count). The summed E-state index contributed by atoms with van der Waals surface area (Å²) in [7, 11) is 0. The van der Waals surface area contributed by atoms with Crippen molar-refractivity contribution in [3.05, 3.63) is 35.6 Å². The number of ether oxygens (including phenoxy) is 1. The van der Waals surface area contributed by atoms with Gasteiger partial charge in [0.05, 0.1) is 19.2 Å². The summed E-state index contributed by atoms with van der Waals surface area (Å²) < 4.78 is 18.2. The van der Waals surface area contributed by atoms with Crippen molar-refractivity contribution in [3.8, 4) is 0 Å². The molecule has 1 aromatic carbocycles. The summed E-state index contributed by atoms with van der Waals surface area (Å²) in [5, 5.41) is 9.31. The van der Waals surface area contributed by atoms with Crippen molar-refractivity contribution < 1.29 is 13.9 Å². The highest BCUT2D eigenvalue weighted by molar-refractivity contribution is 5.79. The molecule has 0 radical (unpaired) electrons. The minimum absolute atomic E-state index is 0.0112. The Kier molecular flexibility index (Phi) is 7.50. The zero-order chi connectivity index (χ0) is 18.1. The molecule has 3 N–H and O–H groups in total. The molecule has 1 aromatic rings. The first kappa shape index (κ1) is 19.0. The van der Waals surface area contributed by atoms with Crippen LogP contribution in [0, 0.1) is 11.7 Å². The number of amides is 1. The highest BCUT2D eigenvalue weighted by Crippen LogP contribution is 2.32. The Morgan fingerprint density at radius 2 is 2.16 bits per heavy atom. The van der Waals surface area contributed by atoms with Crippen LogP contribution in [0.4, 0.5) is 9.18 Å². The van der Waals surface area contributed by atoms with E-state index in [0.717, 1.165) is 18.4 Å². The average molecular weight is 350 g/mol. The standard InChI is InChI=1S/C18H27FN4O2/c1-3-20-17(21-11-13-6-5-7-15(19)10-13)22-12-16(14-8-9-14)23-18(24)25-4-2/h5-7,10,14,16H,3-4,8-9,11-12H2,1-2H3,(H,23,24)(H2,20,21,22). The van der Waals surface area contributed by atoms with Gasteiger partial charge >= 0.3 is 6.09 Å². The van der Waals surface area contributed by atoms with Gasteiger partial charge in [0.25, 0.3) is 0 Å². The highest BCUT2D eigenvalue weighted by atomic mass is 19.1. The first-order valence-electron chi connectivity index (χ1n) is 8.82. The molecule has 0 saturated heterocycles. The van der Waals surface area contributed by atoms with E-state index in [9.17, 15) is 9.18 Å². The third kappa shape index (κ3) is 6.99. The van der Waals surface area contributed by atoms with Gasteiger partial charge in [-0.05, 0) is 50.3 Å². The van der Waals surface area contributed by atoms with Gasteiger partial charge in [-0.25, -0.2) is 14.2 Å². The van der Waals surface area contributed by atoms with E-state index in [1.807, 2.05) is 13.0 Å². The summed E-state index contributed by atoms with van der Waals surface area (Å²) in [5.41, 5.74) is 0.806. The molecule has 0 aliphatic heterocycles. The molecule has 7 heteroatoms. The van der Waals surface area contributed by atoms with Crippen LogP contribution >= 0.6 is 0 Å². The van der Waals surface area contributed by atoms with Crippen LogP contribution in [0.25, 0.3) is 0 Å². The van der Waals surface area contributed by atoms with Crippen LogP contribution in [0.2, 0.25) is 0 Å². The Hall–Kier alpha value is -2.31. The lowest BCUT2D eigenvalue weighted by molar-refractivity contribution is 0.146. The maximum atomic E-state index is 13.2. The van der Waals surface area contributed by atoms with Crippen LogP contribution in [0.15, 0.2) is 29.3 Å². The van der Waals surface area contributed by atoms with E-state index >= 15 is 0 Å². The fourth-order valence-corrected chi connectivity index (χ4v) is 2.51. The normalized spacial score (nSPS) is 15.4. The number of nitrogens with zero attached hydrogens (tertiary/aromatic N) is 1. The molecular formula is C18H27FN4O2. The predicted octanol–water partition coefficient (Wildman–Crippen LogP) is 2.41. The van der Waals surface area contributed by atoms with E-state index in [2.05, 4.69) is 20.9 Å². The van der Waals surface area contributed by atoms with Gasteiger partial charge in [-0.15, -0.1) is 0 Å². The van der Waals surface area contributed by atoms with Crippen LogP contribution in [-0.4, -0.2) is 37.8 Å². The third-order valence-electron chi connectivity index (χ3n) is 3.91. The first-order valence-corrected chi connectivity index (χ1v) is 8.82. The van der Waals surface area contributed by atoms with E-state index in [0.29, 0.717) is 38.1 Å². The molecule has 0 aromatic heterocycles. The number of halogens is 1. The van der Waals surface area contributed by atoms with Gasteiger partial charge in [-0.3, -0.25) is 0 Å². The predicted molar refractivity (Wildman–Crippen MR) is 95.9 cm³/mol. The molecule has 1 saturated carbocycles. The molecule has 25 heavy (non-hydrogen) atoms. The number of nitrogens with one attached hydrogen (secondary N) is 3. The van der Waals surface area contributed by atoms with Crippen LogP contribution in [0.5, 0.6) is 0 Å². The molecule has 0 heterocycles. The number of carbonyl (C=O) groups excluding carboxylic acids is 1. The lowest BCUT2D eigenvalue weighted by Crippen LogP contribution is -2.48. The molecule has 1 aliphatic carbocycles. The Bertz CT molecular complexity index is 590. The second kappa shape index (κ2) is 9.86. The van der Waals surface area contributed by atoms with Crippen molar-refractivity contribution in [3.63, 3.8) is 0 Å². The summed E-state index contributed by atoms with van der Waals surface area (Å²) in [6, 6.07) is 6.41. The largest absolute Gasteiger partial charge is 0.450 e. The van der Waals surface area contributed by atoms with E-state index in [-0.39, 0.29) is 18.0 Å². The molecule has 1 fully saturated rings. The summed E-state index contributed by atoms with van der Waals surface area (Å²) >= 11 is 0. The number of rotatable bonds is 8. The van der Waals surface area contributed by atoms with Crippen molar-refractivity contribution in [2.24, 2.45) is 10.9 Å². The van der Waals surface area contributed by atoms with Crippen LogP contribution < -0.4 is 16.0 Å². The summed E-state index contributed by atoms with van der Waals surface area (Å²) in [5.74, 6) is 0.851. The fraction of sp³-hybridized carbons (Fsp3) is 0.556. The van der Waals surface area contributed by atoms with Crippen LogP contribution in [0.1, 0.15) is 32.3 Å². The zero-order valence-electron chi connectivity index (χ0n) is 14.8. The molecule has 138 valence electrons. The third-order valence-corrected chi connectivity index (χ3v) is 3.91. The molecule has 1 amide bonds. The van der Waals surface area contributed by atoms with Crippen molar-refractivity contribution in [2.75, 3.05) is 19.7 Å². The first-order chi connectivity index (χ1) is 12.1. The van der Waals surface area contributed by atoms with Crippen molar-refractivity contribution in [1.29, 1.82) is 0 Å². The van der Waals surface area contributed by atoms with Crippen LogP contribution in [-0.2, 0) is 11.3 Å². The Balaban J connectivity index is 1.90. The lowest BCUT2D eigenvalue weighted by atomic mass is 10.2. The van der Waals surface area contributed by atoms with Gasteiger partial charge in [-0.2, -0.15) is 0 Å². The zero-order valence-corrected chi connectivity index (χ0v) is 14.8. The quantitative estimate of drug-likeness (QED) is 0.497.